The van der Waals surface area contributed by atoms with Gasteiger partial charge in [0, 0.05) is 13.2 Å². The molecule has 0 saturated heterocycles. The van der Waals surface area contributed by atoms with Gasteiger partial charge in [0.25, 0.3) is 0 Å². The molecular formula is C22H40Cl2O2Si3Zr-2. The van der Waals surface area contributed by atoms with Crippen molar-refractivity contribution < 1.29 is 57.0 Å². The second kappa shape index (κ2) is 19.2. The standard InChI is InChI=1S/2C10H17OSi.C2H6Si.2ClH.Zr/c2*1-12(2,3)11-9-8-10-6-4-5-7-10;1-3-2;;;/h2*4-7H,8-9H2,1-3H3;1-2H3;2*1H;/q2*-1;;;;+2/p-2. The fraction of sp³-hybridized carbons (Fsp3) is 0.545. The number of hydrogen-bond acceptors (Lipinski definition) is 2. The van der Waals surface area contributed by atoms with Crippen LogP contribution < -0.4 is 24.8 Å². The van der Waals surface area contributed by atoms with Gasteiger partial charge in [-0.2, -0.15) is 35.4 Å². The van der Waals surface area contributed by atoms with Crippen molar-refractivity contribution >= 4 is 22.1 Å². The van der Waals surface area contributed by atoms with Crippen molar-refractivity contribution in [2.75, 3.05) is 13.2 Å². The maximum atomic E-state index is 5.74. The van der Waals surface area contributed by atoms with Gasteiger partial charge in [-0.25, -0.2) is 24.3 Å². The zero-order valence-corrected chi connectivity index (χ0v) is 27.0. The molecule has 0 heterocycles. The van der Waals surface area contributed by atoms with E-state index in [0.29, 0.717) is 0 Å². The van der Waals surface area contributed by atoms with Crippen LogP contribution in [-0.4, -0.2) is 35.3 Å². The normalized spacial score (nSPS) is 10.5. The third-order valence-electron chi connectivity index (χ3n) is 3.32. The summed E-state index contributed by atoms with van der Waals surface area (Å²) >= 11 is 1.74. The molecule has 30 heavy (non-hydrogen) atoms. The molecule has 2 aromatic carbocycles. The van der Waals surface area contributed by atoms with Crippen molar-refractivity contribution in [1.82, 2.24) is 0 Å². The summed E-state index contributed by atoms with van der Waals surface area (Å²) in [6, 6.07) is 16.9. The molecule has 0 aromatic heterocycles. The maximum Gasteiger partial charge on any atom is -1.00 e. The van der Waals surface area contributed by atoms with Crippen LogP contribution in [0.4, 0.5) is 0 Å². The van der Waals surface area contributed by atoms with Gasteiger partial charge < -0.3 is 33.7 Å². The van der Waals surface area contributed by atoms with Gasteiger partial charge in [0.1, 0.15) is 0 Å². The van der Waals surface area contributed by atoms with Crippen LogP contribution >= 0.6 is 0 Å². The zero-order valence-electron chi connectivity index (χ0n) is 20.0. The van der Waals surface area contributed by atoms with Crippen molar-refractivity contribution in [1.29, 1.82) is 0 Å². The minimum absolute atomic E-state index is 0. The molecule has 0 atom stereocenters. The van der Waals surface area contributed by atoms with Crippen LogP contribution in [0.1, 0.15) is 11.1 Å². The molecule has 0 amide bonds. The Balaban J connectivity index is -0.000000391. The molecule has 0 spiro atoms. The molecule has 0 radical (unpaired) electrons. The van der Waals surface area contributed by atoms with Crippen molar-refractivity contribution in [3.63, 3.8) is 0 Å². The molecule has 0 N–H and O–H groups in total. The van der Waals surface area contributed by atoms with E-state index in [1.807, 2.05) is 0 Å². The SMILES string of the molecule is C[Si](C)(C)OCC[c-]1cccc1.C[Si](C)(C)OCC[c-]1cccc1.C[Si](C)=[Zr+2].[Cl-].[Cl-]. The van der Waals surface area contributed by atoms with Crippen molar-refractivity contribution in [2.24, 2.45) is 0 Å². The van der Waals surface area contributed by atoms with Crippen molar-refractivity contribution in [3.05, 3.63) is 59.7 Å². The minimum Gasteiger partial charge on any atom is -1.00 e. The Kier molecular flexibility index (Phi) is 22.6. The Hall–Kier alpha value is 0.734. The van der Waals surface area contributed by atoms with Gasteiger partial charge in [0.05, 0.1) is 0 Å². The summed E-state index contributed by atoms with van der Waals surface area (Å²) < 4.78 is 11.5. The van der Waals surface area contributed by atoms with Gasteiger partial charge >= 0.3 is 41.9 Å². The summed E-state index contributed by atoms with van der Waals surface area (Å²) in [7, 11) is -2.58. The van der Waals surface area contributed by atoms with E-state index in [0.717, 1.165) is 26.1 Å². The molecular weight excluding hydrogens is 543 g/mol. The Morgan fingerprint density at radius 3 is 1.10 bits per heavy atom. The smallest absolute Gasteiger partial charge is 1.00 e. The molecule has 2 nitrogen and oxygen atoms in total. The average molecular weight is 583 g/mol. The molecule has 2 rings (SSSR count). The van der Waals surface area contributed by atoms with E-state index in [4.69, 9.17) is 8.85 Å². The predicted octanol–water partition coefficient (Wildman–Crippen LogP) is 0.391. The molecule has 0 unspecified atom stereocenters. The van der Waals surface area contributed by atoms with Crippen LogP contribution in [-0.2, 0) is 45.0 Å². The Labute approximate surface area is 215 Å². The first-order valence-corrected chi connectivity index (χ1v) is 23.1. The number of halogens is 2. The van der Waals surface area contributed by atoms with E-state index in [9.17, 15) is 0 Å². The summed E-state index contributed by atoms with van der Waals surface area (Å²) in [5.74, 6) is 0. The summed E-state index contributed by atoms with van der Waals surface area (Å²) in [4.78, 5) is 0. The first-order valence-electron chi connectivity index (χ1n) is 10.1. The third-order valence-corrected chi connectivity index (χ3v) is 5.46. The predicted molar refractivity (Wildman–Crippen MR) is 128 cm³/mol. The fourth-order valence-corrected chi connectivity index (χ4v) is 3.54. The van der Waals surface area contributed by atoms with Gasteiger partial charge in [-0.3, -0.25) is 0 Å². The van der Waals surface area contributed by atoms with Crippen molar-refractivity contribution in [2.45, 2.75) is 65.2 Å². The summed E-state index contributed by atoms with van der Waals surface area (Å²) in [5, 5.41) is 0. The second-order valence-corrected chi connectivity index (χ2v) is 27.4. The topological polar surface area (TPSA) is 18.5 Å². The van der Waals surface area contributed by atoms with Crippen LogP contribution in [0.25, 0.3) is 0 Å². The summed E-state index contributed by atoms with van der Waals surface area (Å²) in [5.41, 5.74) is 2.98. The van der Waals surface area contributed by atoms with Crippen LogP contribution in [0.15, 0.2) is 48.5 Å². The molecule has 0 saturated carbocycles. The molecule has 172 valence electrons. The molecule has 0 aliphatic carbocycles. The van der Waals surface area contributed by atoms with Crippen LogP contribution in [0.2, 0.25) is 52.4 Å². The fourth-order valence-electron chi connectivity index (χ4n) is 2.11. The first-order chi connectivity index (χ1) is 12.9. The molecule has 8 heteroatoms. The van der Waals surface area contributed by atoms with Crippen molar-refractivity contribution in [3.8, 4) is 0 Å². The van der Waals surface area contributed by atoms with E-state index < -0.39 is 16.6 Å². The van der Waals surface area contributed by atoms with Crippen LogP contribution in [0.5, 0.6) is 0 Å². The van der Waals surface area contributed by atoms with Crippen LogP contribution in [0, 0.1) is 0 Å². The molecule has 2 aromatic rings. The van der Waals surface area contributed by atoms with E-state index in [1.54, 1.807) is 23.3 Å². The summed E-state index contributed by atoms with van der Waals surface area (Å²) in [6.07, 6.45) is 2.11. The molecule has 0 aliphatic heterocycles. The Morgan fingerprint density at radius 2 is 0.900 bits per heavy atom. The maximum absolute atomic E-state index is 5.74. The Bertz CT molecular complexity index is 566. The number of rotatable bonds is 8. The molecule has 0 bridgehead atoms. The van der Waals surface area contributed by atoms with E-state index >= 15 is 0 Å². The average Bonchev–Trinajstić information content (AvgIpc) is 3.18. The van der Waals surface area contributed by atoms with Gasteiger partial charge in [-0.15, -0.1) is 0 Å². The monoisotopic (exact) mass is 580 g/mol. The number of hydrogen-bond donors (Lipinski definition) is 0. The Morgan fingerprint density at radius 1 is 0.667 bits per heavy atom. The largest absolute Gasteiger partial charge is 1.00 e. The van der Waals surface area contributed by atoms with Gasteiger partial charge in [-0.1, -0.05) is 12.8 Å². The summed E-state index contributed by atoms with van der Waals surface area (Å²) in [6.45, 7) is 19.7. The van der Waals surface area contributed by atoms with Gasteiger partial charge in [-0.05, 0) is 39.3 Å². The van der Waals surface area contributed by atoms with Gasteiger partial charge in [0.2, 0.25) is 0 Å². The molecule has 0 aliphatic rings. The quantitative estimate of drug-likeness (QED) is 0.331. The van der Waals surface area contributed by atoms with Gasteiger partial charge in [0.15, 0.2) is 16.6 Å². The van der Waals surface area contributed by atoms with Crippen LogP contribution in [0.3, 0.4) is 0 Å². The zero-order chi connectivity index (χ0) is 21.6. The third kappa shape index (κ3) is 26.8. The van der Waals surface area contributed by atoms with E-state index in [1.165, 1.54) is 11.1 Å². The minimum atomic E-state index is -1.29. The van der Waals surface area contributed by atoms with E-state index in [2.05, 4.69) is 101 Å². The second-order valence-electron chi connectivity index (χ2n) is 9.01. The molecule has 0 fully saturated rings. The van der Waals surface area contributed by atoms with E-state index in [-0.39, 0.29) is 30.2 Å². The first kappa shape index (κ1) is 35.3.